The summed E-state index contributed by atoms with van der Waals surface area (Å²) >= 11 is 0. The summed E-state index contributed by atoms with van der Waals surface area (Å²) in [5.74, 6) is 0.754. The van der Waals surface area contributed by atoms with Crippen LogP contribution in [0.15, 0.2) is 18.2 Å². The van der Waals surface area contributed by atoms with Gasteiger partial charge in [-0.2, -0.15) is 4.68 Å². The van der Waals surface area contributed by atoms with Gasteiger partial charge in [0, 0.05) is 0 Å². The van der Waals surface area contributed by atoms with Gasteiger partial charge in [0.1, 0.15) is 5.10 Å². The lowest BCUT2D eigenvalue weighted by molar-refractivity contribution is -0.746. The van der Waals surface area contributed by atoms with Crippen molar-refractivity contribution in [1.29, 1.82) is 0 Å². The summed E-state index contributed by atoms with van der Waals surface area (Å²) in [5.41, 5.74) is 13.4. The molecular formula is C9H13N6+. The van der Waals surface area contributed by atoms with E-state index in [1.54, 1.807) is 16.9 Å². The molecule has 0 unspecified atom stereocenters. The topological polar surface area (TPSA) is 86.6 Å². The highest BCUT2D eigenvalue weighted by molar-refractivity contribution is 5.70. The normalized spacial score (nSPS) is 10.5. The summed E-state index contributed by atoms with van der Waals surface area (Å²) in [6.45, 7) is 0. The lowest BCUT2D eigenvalue weighted by Gasteiger charge is -2.00. The van der Waals surface area contributed by atoms with Crippen LogP contribution in [0, 0.1) is 0 Å². The van der Waals surface area contributed by atoms with Gasteiger partial charge in [-0.15, -0.1) is 0 Å². The molecule has 6 heteroatoms. The Kier molecular flexibility index (Phi) is 2.03. The van der Waals surface area contributed by atoms with E-state index in [9.17, 15) is 0 Å². The SMILES string of the molecule is Cn1nnc(-c2ccc(N)c(N)c2)[n+]1C. The molecule has 6 nitrogen and oxygen atoms in total. The van der Waals surface area contributed by atoms with Crippen LogP contribution in [0.5, 0.6) is 0 Å². The van der Waals surface area contributed by atoms with Crippen molar-refractivity contribution in [3.63, 3.8) is 0 Å². The number of nitrogens with two attached hydrogens (primary N) is 2. The Hall–Kier alpha value is -2.11. The van der Waals surface area contributed by atoms with Crippen molar-refractivity contribution in [3.05, 3.63) is 18.2 Å². The van der Waals surface area contributed by atoms with E-state index in [1.807, 2.05) is 24.8 Å². The first-order valence-corrected chi connectivity index (χ1v) is 4.51. The molecule has 0 fully saturated rings. The third kappa shape index (κ3) is 1.50. The second-order valence-corrected chi connectivity index (χ2v) is 3.37. The fourth-order valence-corrected chi connectivity index (χ4v) is 1.33. The number of rotatable bonds is 1. The van der Waals surface area contributed by atoms with Crippen molar-refractivity contribution in [2.75, 3.05) is 11.5 Å². The van der Waals surface area contributed by atoms with E-state index in [-0.39, 0.29) is 0 Å². The molecule has 15 heavy (non-hydrogen) atoms. The maximum absolute atomic E-state index is 5.73. The number of nitrogens with zero attached hydrogens (tertiary/aromatic N) is 4. The molecule has 0 aliphatic heterocycles. The molecule has 0 saturated carbocycles. The quantitative estimate of drug-likeness (QED) is 0.484. The summed E-state index contributed by atoms with van der Waals surface area (Å²) in [5, 5.41) is 7.94. The van der Waals surface area contributed by atoms with Gasteiger partial charge in [-0.25, -0.2) is 0 Å². The van der Waals surface area contributed by atoms with E-state index >= 15 is 0 Å². The zero-order valence-electron chi connectivity index (χ0n) is 8.68. The van der Waals surface area contributed by atoms with Gasteiger partial charge in [0.2, 0.25) is 0 Å². The highest BCUT2D eigenvalue weighted by Crippen LogP contribution is 2.21. The molecule has 2 rings (SSSR count). The van der Waals surface area contributed by atoms with Crippen LogP contribution in [0.25, 0.3) is 11.4 Å². The average Bonchev–Trinajstić information content (AvgIpc) is 2.53. The Morgan fingerprint density at radius 3 is 2.53 bits per heavy atom. The standard InChI is InChI=1S/C9H12N6/c1-14-9(12-13-15(14)2)6-3-4-7(10)8(11)5-6/h3-5,10H,1-2H3,(H2,11,13)/p+1. The number of hydrogen-bond acceptors (Lipinski definition) is 4. The number of tetrazole rings is 1. The van der Waals surface area contributed by atoms with Crippen LogP contribution in [-0.4, -0.2) is 15.1 Å². The van der Waals surface area contributed by atoms with Crippen molar-refractivity contribution >= 4 is 11.4 Å². The van der Waals surface area contributed by atoms with Crippen molar-refractivity contribution in [1.82, 2.24) is 15.1 Å². The van der Waals surface area contributed by atoms with Gasteiger partial charge < -0.3 is 11.5 Å². The summed E-state index contributed by atoms with van der Waals surface area (Å²) < 4.78 is 1.82. The predicted molar refractivity (Wildman–Crippen MR) is 56.4 cm³/mol. The van der Waals surface area contributed by atoms with Gasteiger partial charge in [0.15, 0.2) is 5.21 Å². The van der Waals surface area contributed by atoms with E-state index in [0.29, 0.717) is 11.4 Å². The Bertz CT molecular complexity index is 501. The Morgan fingerprint density at radius 2 is 2.00 bits per heavy atom. The van der Waals surface area contributed by atoms with Gasteiger partial charge >= 0.3 is 5.82 Å². The average molecular weight is 205 g/mol. The van der Waals surface area contributed by atoms with Gasteiger partial charge in [0.05, 0.1) is 31.0 Å². The second kappa shape index (κ2) is 3.23. The first-order chi connectivity index (χ1) is 7.09. The molecule has 0 amide bonds. The molecular weight excluding hydrogens is 192 g/mol. The summed E-state index contributed by atoms with van der Waals surface area (Å²) in [7, 11) is 3.69. The summed E-state index contributed by atoms with van der Waals surface area (Å²) in [4.78, 5) is 1.64. The molecule has 0 saturated heterocycles. The third-order valence-electron chi connectivity index (χ3n) is 2.35. The van der Waals surface area contributed by atoms with Gasteiger partial charge in [-0.05, 0) is 18.2 Å². The number of nitrogen functional groups attached to an aromatic ring is 2. The Morgan fingerprint density at radius 1 is 1.27 bits per heavy atom. The van der Waals surface area contributed by atoms with E-state index < -0.39 is 0 Å². The minimum atomic E-state index is 0.554. The third-order valence-corrected chi connectivity index (χ3v) is 2.35. The fourth-order valence-electron chi connectivity index (χ4n) is 1.33. The molecule has 0 atom stereocenters. The largest absolute Gasteiger partial charge is 0.397 e. The fraction of sp³-hybridized carbons (Fsp3) is 0.222. The molecule has 1 aromatic carbocycles. The lowest BCUT2D eigenvalue weighted by Crippen LogP contribution is -2.39. The Labute approximate surface area is 87.1 Å². The lowest BCUT2D eigenvalue weighted by atomic mass is 10.1. The number of benzene rings is 1. The van der Waals surface area contributed by atoms with Gasteiger partial charge in [-0.1, -0.05) is 4.80 Å². The minimum absolute atomic E-state index is 0.554. The van der Waals surface area contributed by atoms with Crippen LogP contribution in [0.1, 0.15) is 0 Å². The smallest absolute Gasteiger partial charge is 0.331 e. The molecule has 0 aliphatic rings. The summed E-state index contributed by atoms with van der Waals surface area (Å²) in [6, 6.07) is 5.43. The van der Waals surface area contributed by atoms with Crippen LogP contribution in [0.2, 0.25) is 0 Å². The van der Waals surface area contributed by atoms with Crippen LogP contribution >= 0.6 is 0 Å². The van der Waals surface area contributed by atoms with E-state index in [2.05, 4.69) is 10.3 Å². The zero-order valence-corrected chi connectivity index (χ0v) is 8.68. The minimum Gasteiger partial charge on any atom is -0.397 e. The first-order valence-electron chi connectivity index (χ1n) is 4.51. The molecule has 1 aromatic heterocycles. The van der Waals surface area contributed by atoms with Crippen molar-refractivity contribution in [3.8, 4) is 11.4 Å². The van der Waals surface area contributed by atoms with E-state index in [4.69, 9.17) is 11.5 Å². The molecule has 4 N–H and O–H groups in total. The maximum Gasteiger partial charge on any atom is 0.331 e. The van der Waals surface area contributed by atoms with Gasteiger partial charge in [-0.3, -0.25) is 0 Å². The van der Waals surface area contributed by atoms with E-state index in [0.717, 1.165) is 11.4 Å². The zero-order chi connectivity index (χ0) is 11.0. The maximum atomic E-state index is 5.73. The van der Waals surface area contributed by atoms with Crippen LogP contribution in [0.3, 0.4) is 0 Å². The monoisotopic (exact) mass is 205 g/mol. The van der Waals surface area contributed by atoms with Crippen LogP contribution in [-0.2, 0) is 14.1 Å². The highest BCUT2D eigenvalue weighted by Gasteiger charge is 2.17. The molecule has 2 aromatic rings. The van der Waals surface area contributed by atoms with Crippen molar-refractivity contribution in [2.45, 2.75) is 0 Å². The van der Waals surface area contributed by atoms with Crippen LogP contribution < -0.4 is 16.1 Å². The number of aromatic nitrogens is 4. The highest BCUT2D eigenvalue weighted by atomic mass is 15.6. The van der Waals surface area contributed by atoms with Crippen LogP contribution in [0.4, 0.5) is 11.4 Å². The molecule has 1 heterocycles. The molecule has 78 valence electrons. The van der Waals surface area contributed by atoms with Gasteiger partial charge in [0.25, 0.3) is 0 Å². The molecule has 0 bridgehead atoms. The predicted octanol–water partition coefficient (Wildman–Crippen LogP) is -0.529. The van der Waals surface area contributed by atoms with Crippen molar-refractivity contribution in [2.24, 2.45) is 14.1 Å². The first kappa shape index (κ1) is 9.45. The number of aryl methyl sites for hydroxylation is 1. The Balaban J connectivity index is 2.55. The van der Waals surface area contributed by atoms with Crippen molar-refractivity contribution < 1.29 is 4.68 Å². The summed E-state index contributed by atoms with van der Waals surface area (Å²) in [6.07, 6.45) is 0. The number of hydrogen-bond donors (Lipinski definition) is 2. The molecule has 0 spiro atoms. The van der Waals surface area contributed by atoms with E-state index in [1.165, 1.54) is 0 Å². The number of anilines is 2. The molecule has 0 aliphatic carbocycles. The molecule has 0 radical (unpaired) electrons. The second-order valence-electron chi connectivity index (χ2n) is 3.37.